The third-order valence-corrected chi connectivity index (χ3v) is 4.77. The van der Waals surface area contributed by atoms with Gasteiger partial charge in [0, 0.05) is 16.9 Å². The zero-order chi connectivity index (χ0) is 17.8. The van der Waals surface area contributed by atoms with Crippen molar-refractivity contribution in [3.8, 4) is 17.2 Å². The van der Waals surface area contributed by atoms with Gasteiger partial charge in [-0.3, -0.25) is 0 Å². The fraction of sp³-hybridized carbons (Fsp3) is 0.211. The monoisotopic (exact) mass is 368 g/mol. The van der Waals surface area contributed by atoms with Crippen LogP contribution in [0.25, 0.3) is 11.5 Å². The van der Waals surface area contributed by atoms with Crippen LogP contribution in [-0.4, -0.2) is 28.5 Å². The molecule has 0 unspecified atom stereocenters. The van der Waals surface area contributed by atoms with Crippen molar-refractivity contribution in [2.75, 3.05) is 12.4 Å². The first-order valence-electron chi connectivity index (χ1n) is 8.18. The summed E-state index contributed by atoms with van der Waals surface area (Å²) in [4.78, 5) is 11.5. The Morgan fingerprint density at radius 3 is 2.88 bits per heavy atom. The largest absolute Gasteiger partial charge is 0.493 e. The first-order chi connectivity index (χ1) is 12.8. The molecule has 132 valence electrons. The van der Waals surface area contributed by atoms with E-state index in [-0.39, 0.29) is 5.97 Å². The smallest absolute Gasteiger partial charge is 0.338 e. The topological polar surface area (TPSA) is 74.5 Å². The van der Waals surface area contributed by atoms with Crippen LogP contribution in [-0.2, 0) is 17.1 Å². The molecule has 0 spiro atoms. The first-order valence-corrected chi connectivity index (χ1v) is 9.33. The standard InChI is InChI=1S/C19H16N2O4S/c22-19-16-7-6-13(10-14(16)11-24-19)18-21-20-17(25-18)12-26-9-8-23-15-4-2-1-3-5-15/h1-7,10H,8-9,11-12H2. The number of fused-ring (bicyclic) bond motifs is 1. The Hall–Kier alpha value is -2.80. The van der Waals surface area contributed by atoms with E-state index < -0.39 is 0 Å². The molecular formula is C19H16N2O4S. The molecule has 7 heteroatoms. The van der Waals surface area contributed by atoms with Crippen LogP contribution in [0.4, 0.5) is 0 Å². The van der Waals surface area contributed by atoms with Crippen LogP contribution in [0.1, 0.15) is 21.8 Å². The maximum Gasteiger partial charge on any atom is 0.338 e. The molecule has 3 aromatic rings. The lowest BCUT2D eigenvalue weighted by molar-refractivity contribution is 0.0535. The lowest BCUT2D eigenvalue weighted by atomic mass is 10.1. The van der Waals surface area contributed by atoms with Crippen LogP contribution >= 0.6 is 11.8 Å². The van der Waals surface area contributed by atoms with Gasteiger partial charge >= 0.3 is 5.97 Å². The second-order valence-electron chi connectivity index (χ2n) is 5.66. The number of hydrogen-bond acceptors (Lipinski definition) is 7. The van der Waals surface area contributed by atoms with Gasteiger partial charge in [-0.1, -0.05) is 18.2 Å². The van der Waals surface area contributed by atoms with Crippen LogP contribution < -0.4 is 4.74 Å². The molecule has 1 aliphatic heterocycles. The molecule has 2 aromatic carbocycles. The number of aromatic nitrogens is 2. The van der Waals surface area contributed by atoms with E-state index in [1.54, 1.807) is 23.9 Å². The second-order valence-corrected chi connectivity index (χ2v) is 6.77. The highest BCUT2D eigenvalue weighted by Crippen LogP contribution is 2.26. The normalized spacial score (nSPS) is 12.7. The average Bonchev–Trinajstić information content (AvgIpc) is 3.29. The van der Waals surface area contributed by atoms with Crippen LogP contribution in [0.3, 0.4) is 0 Å². The maximum absolute atomic E-state index is 11.5. The van der Waals surface area contributed by atoms with E-state index in [0.717, 1.165) is 22.6 Å². The fourth-order valence-corrected chi connectivity index (χ4v) is 3.23. The van der Waals surface area contributed by atoms with Gasteiger partial charge in [-0.05, 0) is 30.3 Å². The first kappa shape index (κ1) is 16.7. The second kappa shape index (κ2) is 7.61. The summed E-state index contributed by atoms with van der Waals surface area (Å²) in [5.74, 6) is 3.04. The molecule has 6 nitrogen and oxygen atoms in total. The Morgan fingerprint density at radius 1 is 1.12 bits per heavy atom. The Kier molecular flexibility index (Phi) is 4.88. The van der Waals surface area contributed by atoms with E-state index in [1.165, 1.54) is 0 Å². The van der Waals surface area contributed by atoms with E-state index in [2.05, 4.69) is 10.2 Å². The van der Waals surface area contributed by atoms with Gasteiger partial charge < -0.3 is 13.9 Å². The number of hydrogen-bond donors (Lipinski definition) is 0. The Morgan fingerprint density at radius 2 is 2.00 bits per heavy atom. The molecule has 0 radical (unpaired) electrons. The van der Waals surface area contributed by atoms with Gasteiger partial charge in [0.1, 0.15) is 12.4 Å². The lowest BCUT2D eigenvalue weighted by Crippen LogP contribution is -2.00. The predicted octanol–water partition coefficient (Wildman–Crippen LogP) is 3.72. The van der Waals surface area contributed by atoms with Gasteiger partial charge in [0.05, 0.1) is 17.9 Å². The highest BCUT2D eigenvalue weighted by Gasteiger charge is 2.22. The number of benzene rings is 2. The number of esters is 1. The van der Waals surface area contributed by atoms with E-state index in [0.29, 0.717) is 36.3 Å². The van der Waals surface area contributed by atoms with Gasteiger partial charge in [0.15, 0.2) is 0 Å². The SMILES string of the molecule is O=C1OCc2cc(-c3nnc(CSCCOc4ccccc4)o3)ccc21. The molecule has 0 atom stereocenters. The number of rotatable bonds is 7. The number of cyclic esters (lactones) is 1. The van der Waals surface area contributed by atoms with Gasteiger partial charge in [0.2, 0.25) is 11.8 Å². The molecular weight excluding hydrogens is 352 g/mol. The van der Waals surface area contributed by atoms with Gasteiger partial charge in [-0.25, -0.2) is 4.79 Å². The molecule has 0 saturated carbocycles. The van der Waals surface area contributed by atoms with Crippen molar-refractivity contribution >= 4 is 17.7 Å². The minimum atomic E-state index is -0.285. The number of para-hydroxylation sites is 1. The third-order valence-electron chi connectivity index (χ3n) is 3.86. The summed E-state index contributed by atoms with van der Waals surface area (Å²) in [5, 5.41) is 8.17. The summed E-state index contributed by atoms with van der Waals surface area (Å²) in [6.45, 7) is 0.912. The maximum atomic E-state index is 11.5. The van der Waals surface area contributed by atoms with Gasteiger partial charge in [-0.2, -0.15) is 0 Å². The minimum Gasteiger partial charge on any atom is -0.493 e. The Labute approximate surface area is 154 Å². The average molecular weight is 368 g/mol. The Balaban J connectivity index is 1.29. The zero-order valence-electron chi connectivity index (χ0n) is 13.9. The molecule has 1 aromatic heterocycles. The molecule has 4 rings (SSSR count). The third kappa shape index (κ3) is 3.72. The molecule has 26 heavy (non-hydrogen) atoms. The van der Waals surface area contributed by atoms with Crippen molar-refractivity contribution < 1.29 is 18.7 Å². The van der Waals surface area contributed by atoms with Crippen LogP contribution in [0.2, 0.25) is 0 Å². The summed E-state index contributed by atoms with van der Waals surface area (Å²) in [6, 6.07) is 15.1. The van der Waals surface area contributed by atoms with Crippen molar-refractivity contribution in [3.63, 3.8) is 0 Å². The molecule has 0 fully saturated rings. The van der Waals surface area contributed by atoms with Crippen molar-refractivity contribution in [2.24, 2.45) is 0 Å². The quantitative estimate of drug-likeness (QED) is 0.465. The number of nitrogens with zero attached hydrogens (tertiary/aromatic N) is 2. The highest BCUT2D eigenvalue weighted by atomic mass is 32.2. The lowest BCUT2D eigenvalue weighted by Gasteiger charge is -2.04. The minimum absolute atomic E-state index is 0.285. The van der Waals surface area contributed by atoms with Crippen LogP contribution in [0, 0.1) is 0 Å². The summed E-state index contributed by atoms with van der Waals surface area (Å²) in [6.07, 6.45) is 0. The number of carbonyl (C=O) groups excluding carboxylic acids is 1. The summed E-state index contributed by atoms with van der Waals surface area (Å²) in [5.41, 5.74) is 2.24. The summed E-state index contributed by atoms with van der Waals surface area (Å²) < 4.78 is 16.4. The molecule has 2 heterocycles. The predicted molar refractivity (Wildman–Crippen MR) is 97.0 cm³/mol. The number of carbonyl (C=O) groups is 1. The number of thioether (sulfide) groups is 1. The molecule has 1 aliphatic rings. The molecule has 0 amide bonds. The van der Waals surface area contributed by atoms with Crippen molar-refractivity contribution in [1.82, 2.24) is 10.2 Å². The molecule has 0 N–H and O–H groups in total. The molecule has 0 bridgehead atoms. The van der Waals surface area contributed by atoms with Crippen LogP contribution in [0.5, 0.6) is 5.75 Å². The van der Waals surface area contributed by atoms with Crippen molar-refractivity contribution in [1.29, 1.82) is 0 Å². The zero-order valence-corrected chi connectivity index (χ0v) is 14.7. The van der Waals surface area contributed by atoms with E-state index in [1.807, 2.05) is 36.4 Å². The molecule has 0 saturated heterocycles. The van der Waals surface area contributed by atoms with Gasteiger partial charge in [0.25, 0.3) is 0 Å². The van der Waals surface area contributed by atoms with Crippen LogP contribution in [0.15, 0.2) is 52.9 Å². The van der Waals surface area contributed by atoms with E-state index in [4.69, 9.17) is 13.9 Å². The highest BCUT2D eigenvalue weighted by molar-refractivity contribution is 7.98. The van der Waals surface area contributed by atoms with Gasteiger partial charge in [-0.15, -0.1) is 22.0 Å². The molecule has 0 aliphatic carbocycles. The summed E-state index contributed by atoms with van der Waals surface area (Å²) in [7, 11) is 0. The number of ether oxygens (including phenoxy) is 2. The van der Waals surface area contributed by atoms with E-state index >= 15 is 0 Å². The summed E-state index contributed by atoms with van der Waals surface area (Å²) >= 11 is 1.67. The van der Waals surface area contributed by atoms with E-state index in [9.17, 15) is 4.79 Å². The van der Waals surface area contributed by atoms with Crippen molar-refractivity contribution in [3.05, 3.63) is 65.5 Å². The fourth-order valence-electron chi connectivity index (χ4n) is 2.59. The van der Waals surface area contributed by atoms with Crippen molar-refractivity contribution in [2.45, 2.75) is 12.4 Å². The Bertz CT molecular complexity index is 911.